The summed E-state index contributed by atoms with van der Waals surface area (Å²) in [7, 11) is 0. The van der Waals surface area contributed by atoms with Gasteiger partial charge in [0.15, 0.2) is 0 Å². The first-order valence-corrected chi connectivity index (χ1v) is 8.12. The molecule has 3 rings (SSSR count). The molecule has 0 fully saturated rings. The van der Waals surface area contributed by atoms with Crippen molar-refractivity contribution in [2.45, 2.75) is 32.6 Å². The number of aromatic carboxylic acids is 1. The van der Waals surface area contributed by atoms with Crippen LogP contribution in [0.3, 0.4) is 0 Å². The molecule has 2 aromatic rings. The Hall–Kier alpha value is -2.14. The monoisotopic (exact) mass is 314 g/mol. The number of carbonyl (C=O) groups is 2. The van der Waals surface area contributed by atoms with Crippen molar-refractivity contribution >= 4 is 28.2 Å². The van der Waals surface area contributed by atoms with Gasteiger partial charge in [0.1, 0.15) is 5.00 Å². The molecule has 1 aliphatic rings. The number of anilines is 1. The van der Waals surface area contributed by atoms with Gasteiger partial charge >= 0.3 is 0 Å². The second-order valence-corrected chi connectivity index (χ2v) is 6.58. The molecule has 0 bridgehead atoms. The lowest BCUT2D eigenvalue weighted by molar-refractivity contribution is -0.254. The minimum absolute atomic E-state index is 0.168. The van der Waals surface area contributed by atoms with Crippen LogP contribution in [0, 0.1) is 6.92 Å². The fourth-order valence-electron chi connectivity index (χ4n) is 2.87. The Bertz CT molecular complexity index is 748. The molecule has 22 heavy (non-hydrogen) atoms. The molecular weight excluding hydrogens is 298 g/mol. The SMILES string of the molecule is Cc1ccccc1C(=O)Nc1sc2c(c1C(=O)[O-])CCCC2. The van der Waals surface area contributed by atoms with Crippen LogP contribution in [0.25, 0.3) is 0 Å². The molecule has 1 heterocycles. The second-order valence-electron chi connectivity index (χ2n) is 5.47. The van der Waals surface area contributed by atoms with Crippen LogP contribution >= 0.6 is 11.3 Å². The number of thiophene rings is 1. The number of fused-ring (bicyclic) bond motifs is 1. The number of carbonyl (C=O) groups excluding carboxylic acids is 2. The van der Waals surface area contributed by atoms with Crippen molar-refractivity contribution in [2.75, 3.05) is 5.32 Å². The molecule has 0 unspecified atom stereocenters. The van der Waals surface area contributed by atoms with Gasteiger partial charge in [0, 0.05) is 16.0 Å². The molecule has 0 saturated heterocycles. The number of hydrogen-bond acceptors (Lipinski definition) is 4. The second kappa shape index (κ2) is 5.93. The summed E-state index contributed by atoms with van der Waals surface area (Å²) in [4.78, 5) is 24.9. The molecule has 0 aliphatic heterocycles. The van der Waals surface area contributed by atoms with Gasteiger partial charge in [-0.1, -0.05) is 18.2 Å². The molecule has 1 aromatic carbocycles. The number of amides is 1. The number of aryl methyl sites for hydroxylation is 2. The standard InChI is InChI=1S/C17H17NO3S/c1-10-6-2-3-7-11(10)15(19)18-16-14(17(20)21)12-8-4-5-9-13(12)22-16/h2-3,6-7H,4-5,8-9H2,1H3,(H,18,19)(H,20,21)/p-1. The maximum atomic E-state index is 12.4. The van der Waals surface area contributed by atoms with Crippen molar-refractivity contribution < 1.29 is 14.7 Å². The van der Waals surface area contributed by atoms with Gasteiger partial charge in [-0.2, -0.15) is 0 Å². The van der Waals surface area contributed by atoms with Gasteiger partial charge in [0.05, 0.1) is 5.97 Å². The van der Waals surface area contributed by atoms with Crippen LogP contribution in [0.15, 0.2) is 24.3 Å². The predicted molar refractivity (Wildman–Crippen MR) is 84.4 cm³/mol. The molecule has 1 aromatic heterocycles. The smallest absolute Gasteiger partial charge is 0.256 e. The third kappa shape index (κ3) is 2.64. The Kier molecular flexibility index (Phi) is 3.98. The van der Waals surface area contributed by atoms with Crippen molar-refractivity contribution in [3.05, 3.63) is 51.4 Å². The topological polar surface area (TPSA) is 69.2 Å². The molecule has 114 valence electrons. The number of carboxylic acid groups (broad SMARTS) is 1. The fraction of sp³-hybridized carbons (Fsp3) is 0.294. The summed E-state index contributed by atoms with van der Waals surface area (Å²) in [6, 6.07) is 7.24. The van der Waals surface area contributed by atoms with E-state index in [1.807, 2.05) is 19.1 Å². The number of benzene rings is 1. The Morgan fingerprint density at radius 3 is 2.64 bits per heavy atom. The highest BCUT2D eigenvalue weighted by Crippen LogP contribution is 2.38. The maximum Gasteiger partial charge on any atom is 0.256 e. The van der Waals surface area contributed by atoms with E-state index in [-0.39, 0.29) is 11.5 Å². The molecule has 0 radical (unpaired) electrons. The van der Waals surface area contributed by atoms with Crippen molar-refractivity contribution in [3.8, 4) is 0 Å². The van der Waals surface area contributed by atoms with Crippen LogP contribution in [0.5, 0.6) is 0 Å². The van der Waals surface area contributed by atoms with Gasteiger partial charge in [-0.3, -0.25) is 4.79 Å². The minimum Gasteiger partial charge on any atom is -0.545 e. The average Bonchev–Trinajstić information content (AvgIpc) is 2.85. The highest BCUT2D eigenvalue weighted by Gasteiger charge is 2.23. The summed E-state index contributed by atoms with van der Waals surface area (Å²) in [6.07, 6.45) is 3.66. The molecule has 0 saturated carbocycles. The van der Waals surface area contributed by atoms with Crippen LogP contribution in [-0.2, 0) is 12.8 Å². The highest BCUT2D eigenvalue weighted by molar-refractivity contribution is 7.17. The Balaban J connectivity index is 1.95. The first-order valence-electron chi connectivity index (χ1n) is 7.31. The third-order valence-electron chi connectivity index (χ3n) is 3.99. The average molecular weight is 314 g/mol. The lowest BCUT2D eigenvalue weighted by atomic mass is 9.95. The van der Waals surface area contributed by atoms with Crippen LogP contribution in [-0.4, -0.2) is 11.9 Å². The summed E-state index contributed by atoms with van der Waals surface area (Å²) in [5.41, 5.74) is 2.42. The largest absolute Gasteiger partial charge is 0.545 e. The van der Waals surface area contributed by atoms with Gasteiger partial charge in [0.25, 0.3) is 5.91 Å². The zero-order valence-corrected chi connectivity index (χ0v) is 13.1. The van der Waals surface area contributed by atoms with Crippen molar-refractivity contribution in [1.29, 1.82) is 0 Å². The molecular formula is C17H16NO3S-. The quantitative estimate of drug-likeness (QED) is 0.946. The van der Waals surface area contributed by atoms with E-state index in [4.69, 9.17) is 0 Å². The summed E-state index contributed by atoms with van der Waals surface area (Å²) in [5, 5.41) is 14.7. The van der Waals surface area contributed by atoms with Crippen molar-refractivity contribution in [1.82, 2.24) is 0 Å². The minimum atomic E-state index is -1.21. The predicted octanol–water partition coefficient (Wildman–Crippen LogP) is 2.55. The summed E-state index contributed by atoms with van der Waals surface area (Å²) in [6.45, 7) is 1.86. The van der Waals surface area contributed by atoms with E-state index >= 15 is 0 Å². The molecule has 0 atom stereocenters. The fourth-order valence-corrected chi connectivity index (χ4v) is 4.14. The number of rotatable bonds is 3. The van der Waals surface area contributed by atoms with E-state index in [0.717, 1.165) is 41.7 Å². The van der Waals surface area contributed by atoms with Gasteiger partial charge in [-0.15, -0.1) is 11.3 Å². The van der Waals surface area contributed by atoms with E-state index in [0.29, 0.717) is 10.6 Å². The molecule has 0 spiro atoms. The summed E-state index contributed by atoms with van der Waals surface area (Å²) >= 11 is 1.37. The van der Waals surface area contributed by atoms with E-state index in [2.05, 4.69) is 5.32 Å². The third-order valence-corrected chi connectivity index (χ3v) is 5.20. The number of hydrogen-bond donors (Lipinski definition) is 1. The van der Waals surface area contributed by atoms with Gasteiger partial charge < -0.3 is 15.2 Å². The van der Waals surface area contributed by atoms with Crippen LogP contribution in [0.1, 0.15) is 49.6 Å². The first-order chi connectivity index (χ1) is 10.6. The summed E-state index contributed by atoms with van der Waals surface area (Å²) < 4.78 is 0. The zero-order valence-electron chi connectivity index (χ0n) is 12.3. The first kappa shape index (κ1) is 14.8. The Labute approximate surface area is 132 Å². The van der Waals surface area contributed by atoms with Gasteiger partial charge in [0.2, 0.25) is 0 Å². The number of carboxylic acids is 1. The van der Waals surface area contributed by atoms with E-state index in [1.54, 1.807) is 12.1 Å². The van der Waals surface area contributed by atoms with Gasteiger partial charge in [-0.25, -0.2) is 0 Å². The Morgan fingerprint density at radius 1 is 1.18 bits per heavy atom. The summed E-state index contributed by atoms with van der Waals surface area (Å²) in [5.74, 6) is -1.49. The van der Waals surface area contributed by atoms with Crippen LogP contribution < -0.4 is 10.4 Å². The van der Waals surface area contributed by atoms with Crippen molar-refractivity contribution in [3.63, 3.8) is 0 Å². The lowest BCUT2D eigenvalue weighted by Gasteiger charge is -2.13. The lowest BCUT2D eigenvalue weighted by Crippen LogP contribution is -2.25. The van der Waals surface area contributed by atoms with Crippen molar-refractivity contribution in [2.24, 2.45) is 0 Å². The molecule has 4 nitrogen and oxygen atoms in total. The maximum absolute atomic E-state index is 12.4. The van der Waals surface area contributed by atoms with Gasteiger partial charge in [-0.05, 0) is 49.8 Å². The zero-order chi connectivity index (χ0) is 15.7. The normalized spacial score (nSPS) is 13.5. The number of nitrogens with one attached hydrogen (secondary N) is 1. The highest BCUT2D eigenvalue weighted by atomic mass is 32.1. The molecule has 1 aliphatic carbocycles. The molecule has 1 N–H and O–H groups in total. The Morgan fingerprint density at radius 2 is 1.91 bits per heavy atom. The molecule has 1 amide bonds. The molecule has 5 heteroatoms. The van der Waals surface area contributed by atoms with E-state index in [1.165, 1.54) is 11.3 Å². The van der Waals surface area contributed by atoms with Crippen LogP contribution in [0.2, 0.25) is 0 Å². The van der Waals surface area contributed by atoms with Crippen LogP contribution in [0.4, 0.5) is 5.00 Å². The van der Waals surface area contributed by atoms with E-state index in [9.17, 15) is 14.7 Å². The van der Waals surface area contributed by atoms with E-state index < -0.39 is 5.97 Å².